The highest BCUT2D eigenvalue weighted by Gasteiger charge is 2.40. The lowest BCUT2D eigenvalue weighted by Crippen LogP contribution is -2.35. The van der Waals surface area contributed by atoms with Gasteiger partial charge in [-0.15, -0.1) is 0 Å². The van der Waals surface area contributed by atoms with Crippen LogP contribution in [0.2, 0.25) is 0 Å². The predicted octanol–water partition coefficient (Wildman–Crippen LogP) is 2.27. The Bertz CT molecular complexity index is 383. The van der Waals surface area contributed by atoms with E-state index in [2.05, 4.69) is 10.3 Å². The van der Waals surface area contributed by atoms with Gasteiger partial charge in [-0.25, -0.2) is 13.8 Å². The molecule has 0 fully saturated rings. The fraction of sp³-hybridized carbons (Fsp3) is 0.333. The number of hydrogen-bond donors (Lipinski definition) is 1. The first kappa shape index (κ1) is 12.2. The average molecular weight is 233 g/mol. The van der Waals surface area contributed by atoms with E-state index in [1.54, 1.807) is 6.07 Å². The highest BCUT2D eigenvalue weighted by molar-refractivity contribution is 5.39. The number of rotatable bonds is 4. The summed E-state index contributed by atoms with van der Waals surface area (Å²) in [6, 6.07) is 4.39. The third-order valence-corrected chi connectivity index (χ3v) is 1.72. The molecule has 1 aromatic heterocycles. The number of alkyl halides is 4. The molecule has 0 saturated carbocycles. The second-order valence-electron chi connectivity index (χ2n) is 2.96. The van der Waals surface area contributed by atoms with Crippen LogP contribution in [0.1, 0.15) is 5.56 Å². The van der Waals surface area contributed by atoms with Gasteiger partial charge in [-0.2, -0.15) is 14.0 Å². The maximum absolute atomic E-state index is 12.5. The minimum absolute atomic E-state index is 0.0133. The standard InChI is InChI=1S/C9H7F4N3/c10-8(11)9(12,13)5-16-7-2-1-6(3-14)4-15-7/h1-2,4,8H,5H2,(H,15,16). The third kappa shape index (κ3) is 3.08. The van der Waals surface area contributed by atoms with Crippen molar-refractivity contribution >= 4 is 5.82 Å². The maximum atomic E-state index is 12.5. The number of pyridine rings is 1. The first-order chi connectivity index (χ1) is 7.45. The summed E-state index contributed by atoms with van der Waals surface area (Å²) < 4.78 is 48.5. The first-order valence-corrected chi connectivity index (χ1v) is 4.21. The van der Waals surface area contributed by atoms with Crippen LogP contribution < -0.4 is 5.32 Å². The van der Waals surface area contributed by atoms with Crippen LogP contribution >= 0.6 is 0 Å². The normalized spacial score (nSPS) is 11.2. The summed E-state index contributed by atoms with van der Waals surface area (Å²) >= 11 is 0. The van der Waals surface area contributed by atoms with Gasteiger partial charge in [0.05, 0.1) is 12.1 Å². The lowest BCUT2D eigenvalue weighted by Gasteiger charge is -2.15. The Morgan fingerprint density at radius 1 is 1.44 bits per heavy atom. The smallest absolute Gasteiger partial charge is 0.324 e. The number of hydrogen-bond acceptors (Lipinski definition) is 3. The van der Waals surface area contributed by atoms with E-state index in [9.17, 15) is 17.6 Å². The van der Waals surface area contributed by atoms with Gasteiger partial charge in [0.15, 0.2) is 0 Å². The lowest BCUT2D eigenvalue weighted by molar-refractivity contribution is -0.117. The zero-order valence-electron chi connectivity index (χ0n) is 7.92. The fourth-order valence-corrected chi connectivity index (χ4v) is 0.850. The predicted molar refractivity (Wildman–Crippen MR) is 48.4 cm³/mol. The van der Waals surface area contributed by atoms with Crippen molar-refractivity contribution in [3.05, 3.63) is 23.9 Å². The number of nitrogens with zero attached hydrogens (tertiary/aromatic N) is 2. The fourth-order valence-electron chi connectivity index (χ4n) is 0.850. The van der Waals surface area contributed by atoms with Crippen LogP contribution in [0, 0.1) is 11.3 Å². The van der Waals surface area contributed by atoms with E-state index in [0.717, 1.165) is 6.20 Å². The molecule has 1 N–H and O–H groups in total. The number of anilines is 1. The van der Waals surface area contributed by atoms with E-state index >= 15 is 0 Å². The summed E-state index contributed by atoms with van der Waals surface area (Å²) in [6.45, 7) is -1.20. The summed E-state index contributed by atoms with van der Waals surface area (Å²) in [6.07, 6.45) is -2.57. The number of nitrogens with one attached hydrogen (secondary N) is 1. The Kier molecular flexibility index (Phi) is 3.66. The van der Waals surface area contributed by atoms with Gasteiger partial charge >= 0.3 is 12.3 Å². The summed E-state index contributed by atoms with van der Waals surface area (Å²) in [5.74, 6) is -4.09. The molecule has 0 aliphatic heterocycles. The summed E-state index contributed by atoms with van der Waals surface area (Å²) in [7, 11) is 0. The van der Waals surface area contributed by atoms with Crippen molar-refractivity contribution in [2.24, 2.45) is 0 Å². The van der Waals surface area contributed by atoms with E-state index in [-0.39, 0.29) is 11.4 Å². The van der Waals surface area contributed by atoms with Gasteiger partial charge in [0, 0.05) is 6.20 Å². The molecular weight excluding hydrogens is 226 g/mol. The van der Waals surface area contributed by atoms with Crippen LogP contribution in [-0.2, 0) is 0 Å². The summed E-state index contributed by atoms with van der Waals surface area (Å²) in [5, 5.41) is 10.5. The van der Waals surface area contributed by atoms with E-state index < -0.39 is 18.9 Å². The zero-order valence-corrected chi connectivity index (χ0v) is 7.92. The second kappa shape index (κ2) is 4.79. The van der Waals surface area contributed by atoms with Gasteiger partial charge < -0.3 is 5.32 Å². The molecule has 0 atom stereocenters. The molecule has 0 saturated heterocycles. The van der Waals surface area contributed by atoms with Crippen LogP contribution in [0.4, 0.5) is 23.4 Å². The monoisotopic (exact) mass is 233 g/mol. The SMILES string of the molecule is N#Cc1ccc(NCC(F)(F)C(F)F)nc1. The largest absolute Gasteiger partial charge is 0.364 e. The Morgan fingerprint density at radius 3 is 2.56 bits per heavy atom. The van der Waals surface area contributed by atoms with Gasteiger partial charge in [-0.3, -0.25) is 0 Å². The first-order valence-electron chi connectivity index (χ1n) is 4.21. The maximum Gasteiger partial charge on any atom is 0.324 e. The number of nitriles is 1. The van der Waals surface area contributed by atoms with E-state index in [1.165, 1.54) is 12.1 Å². The van der Waals surface area contributed by atoms with E-state index in [4.69, 9.17) is 5.26 Å². The summed E-state index contributed by atoms with van der Waals surface area (Å²) in [4.78, 5) is 3.60. The second-order valence-corrected chi connectivity index (χ2v) is 2.96. The third-order valence-electron chi connectivity index (χ3n) is 1.72. The van der Waals surface area contributed by atoms with Crippen LogP contribution in [0.15, 0.2) is 18.3 Å². The lowest BCUT2D eigenvalue weighted by atomic mass is 10.3. The average Bonchev–Trinajstić information content (AvgIpc) is 2.27. The molecule has 7 heteroatoms. The Labute approximate surface area is 88.7 Å². The Morgan fingerprint density at radius 2 is 2.12 bits per heavy atom. The van der Waals surface area contributed by atoms with Crippen molar-refractivity contribution in [3.8, 4) is 6.07 Å². The molecule has 0 amide bonds. The molecule has 3 nitrogen and oxygen atoms in total. The number of halogens is 4. The molecule has 0 spiro atoms. The quantitative estimate of drug-likeness (QED) is 0.811. The topological polar surface area (TPSA) is 48.7 Å². The molecule has 1 rings (SSSR count). The van der Waals surface area contributed by atoms with E-state index in [0.29, 0.717) is 0 Å². The molecule has 0 bridgehead atoms. The molecule has 0 aromatic carbocycles. The minimum Gasteiger partial charge on any atom is -0.364 e. The highest BCUT2D eigenvalue weighted by Crippen LogP contribution is 2.22. The van der Waals surface area contributed by atoms with Crippen LogP contribution in [0.25, 0.3) is 0 Å². The molecule has 86 valence electrons. The molecule has 1 aromatic rings. The van der Waals surface area contributed by atoms with Gasteiger partial charge in [-0.1, -0.05) is 0 Å². The molecular formula is C9H7F4N3. The van der Waals surface area contributed by atoms with Crippen LogP contribution in [-0.4, -0.2) is 23.9 Å². The van der Waals surface area contributed by atoms with Gasteiger partial charge in [-0.05, 0) is 12.1 Å². The minimum atomic E-state index is -4.10. The van der Waals surface area contributed by atoms with Gasteiger partial charge in [0.1, 0.15) is 11.9 Å². The van der Waals surface area contributed by atoms with Crippen molar-refractivity contribution in [2.75, 3.05) is 11.9 Å². The molecule has 16 heavy (non-hydrogen) atoms. The van der Waals surface area contributed by atoms with Crippen molar-refractivity contribution in [1.82, 2.24) is 4.98 Å². The van der Waals surface area contributed by atoms with Crippen LogP contribution in [0.5, 0.6) is 0 Å². The molecule has 0 radical (unpaired) electrons. The van der Waals surface area contributed by atoms with Crippen molar-refractivity contribution in [3.63, 3.8) is 0 Å². The highest BCUT2D eigenvalue weighted by atomic mass is 19.3. The number of aromatic nitrogens is 1. The van der Waals surface area contributed by atoms with Gasteiger partial charge in [0.25, 0.3) is 0 Å². The van der Waals surface area contributed by atoms with Crippen molar-refractivity contribution in [2.45, 2.75) is 12.3 Å². The van der Waals surface area contributed by atoms with Crippen LogP contribution in [0.3, 0.4) is 0 Å². The Balaban J connectivity index is 2.59. The van der Waals surface area contributed by atoms with Gasteiger partial charge in [0.2, 0.25) is 0 Å². The Hall–Kier alpha value is -1.84. The van der Waals surface area contributed by atoms with Crippen molar-refractivity contribution < 1.29 is 17.6 Å². The molecule has 0 aliphatic rings. The molecule has 1 heterocycles. The summed E-state index contributed by atoms with van der Waals surface area (Å²) in [5.41, 5.74) is 0.256. The molecule has 0 unspecified atom stereocenters. The molecule has 0 aliphatic carbocycles. The van der Waals surface area contributed by atoms with E-state index in [1.807, 2.05) is 0 Å². The zero-order chi connectivity index (χ0) is 12.2. The van der Waals surface area contributed by atoms with Crippen molar-refractivity contribution in [1.29, 1.82) is 5.26 Å².